The van der Waals surface area contributed by atoms with E-state index < -0.39 is 10.0 Å². The molecular formula is C22H23ClN4O3S. The van der Waals surface area contributed by atoms with Gasteiger partial charge in [0.05, 0.1) is 22.9 Å². The molecule has 0 radical (unpaired) electrons. The largest absolute Gasteiger partial charge is 0.350 e. The first-order valence-electron chi connectivity index (χ1n) is 10.1. The summed E-state index contributed by atoms with van der Waals surface area (Å²) in [6, 6.07) is 16.1. The molecule has 2 aromatic carbocycles. The Bertz CT molecular complexity index is 1190. The Morgan fingerprint density at radius 1 is 1.06 bits per heavy atom. The van der Waals surface area contributed by atoms with E-state index in [1.165, 1.54) is 23.4 Å². The van der Waals surface area contributed by atoms with Crippen LogP contribution in [-0.2, 0) is 34.2 Å². The fourth-order valence-corrected chi connectivity index (χ4v) is 5.30. The van der Waals surface area contributed by atoms with Gasteiger partial charge in [0, 0.05) is 18.7 Å². The maximum atomic E-state index is 12.3. The van der Waals surface area contributed by atoms with Crippen LogP contribution in [0.15, 0.2) is 59.5 Å². The zero-order valence-corrected chi connectivity index (χ0v) is 18.4. The molecular weight excluding hydrogens is 436 g/mol. The van der Waals surface area contributed by atoms with E-state index in [0.717, 1.165) is 30.6 Å². The molecule has 0 unspecified atom stereocenters. The molecule has 1 aliphatic rings. The molecule has 162 valence electrons. The van der Waals surface area contributed by atoms with Crippen LogP contribution in [0.4, 0.5) is 0 Å². The average Bonchev–Trinajstić information content (AvgIpc) is 3.36. The van der Waals surface area contributed by atoms with Gasteiger partial charge in [-0.3, -0.25) is 4.79 Å². The Labute approximate surface area is 186 Å². The van der Waals surface area contributed by atoms with Crippen LogP contribution in [0.25, 0.3) is 5.69 Å². The Hall–Kier alpha value is -2.68. The Kier molecular flexibility index (Phi) is 6.41. The van der Waals surface area contributed by atoms with Crippen LogP contribution in [0, 0.1) is 0 Å². The van der Waals surface area contributed by atoms with Crippen LogP contribution in [0.5, 0.6) is 0 Å². The van der Waals surface area contributed by atoms with Crippen LogP contribution < -0.4 is 10.0 Å². The zero-order chi connectivity index (χ0) is 21.8. The molecule has 1 heterocycles. The third kappa shape index (κ3) is 4.81. The number of nitrogens with one attached hydrogen (secondary N) is 2. The number of halogens is 1. The Morgan fingerprint density at radius 3 is 2.58 bits per heavy atom. The molecule has 31 heavy (non-hydrogen) atoms. The number of carbonyl (C=O) groups is 1. The summed E-state index contributed by atoms with van der Waals surface area (Å²) in [6.45, 7) is 0.300. The first kappa shape index (κ1) is 21.5. The highest BCUT2D eigenvalue weighted by Crippen LogP contribution is 2.27. The number of aromatic nitrogens is 2. The molecule has 3 aromatic rings. The summed E-state index contributed by atoms with van der Waals surface area (Å²) in [7, 11) is -3.77. The molecule has 1 aromatic heterocycles. The number of nitrogens with zero attached hydrogens (tertiary/aromatic N) is 2. The normalized spacial score (nSPS) is 13.2. The number of hydrogen-bond donors (Lipinski definition) is 2. The van der Waals surface area contributed by atoms with Crippen molar-refractivity contribution >= 4 is 27.5 Å². The van der Waals surface area contributed by atoms with Gasteiger partial charge < -0.3 is 5.32 Å². The minimum Gasteiger partial charge on any atom is -0.350 e. The van der Waals surface area contributed by atoms with Gasteiger partial charge in [0.15, 0.2) is 0 Å². The van der Waals surface area contributed by atoms with Gasteiger partial charge in [0.1, 0.15) is 4.90 Å². The summed E-state index contributed by atoms with van der Waals surface area (Å²) in [6.07, 6.45) is 3.01. The molecule has 2 N–H and O–H groups in total. The van der Waals surface area contributed by atoms with Gasteiger partial charge in [-0.1, -0.05) is 41.9 Å². The van der Waals surface area contributed by atoms with E-state index in [-0.39, 0.29) is 28.8 Å². The van der Waals surface area contributed by atoms with E-state index in [1.54, 1.807) is 12.1 Å². The van der Waals surface area contributed by atoms with Crippen molar-refractivity contribution in [3.63, 3.8) is 0 Å². The zero-order valence-electron chi connectivity index (χ0n) is 16.8. The van der Waals surface area contributed by atoms with E-state index in [4.69, 9.17) is 16.7 Å². The molecule has 1 amide bonds. The third-order valence-corrected chi connectivity index (χ3v) is 7.20. The molecule has 0 saturated heterocycles. The van der Waals surface area contributed by atoms with E-state index in [0.29, 0.717) is 6.54 Å². The van der Waals surface area contributed by atoms with Crippen molar-refractivity contribution < 1.29 is 13.2 Å². The van der Waals surface area contributed by atoms with Gasteiger partial charge in [-0.25, -0.2) is 17.8 Å². The first-order chi connectivity index (χ1) is 15.0. The molecule has 9 heteroatoms. The van der Waals surface area contributed by atoms with Gasteiger partial charge in [0.25, 0.3) is 0 Å². The predicted molar refractivity (Wildman–Crippen MR) is 119 cm³/mol. The maximum absolute atomic E-state index is 12.3. The van der Waals surface area contributed by atoms with E-state index in [2.05, 4.69) is 10.0 Å². The molecule has 7 nitrogen and oxygen atoms in total. The van der Waals surface area contributed by atoms with E-state index in [1.807, 2.05) is 35.0 Å². The molecule has 1 aliphatic carbocycles. The minimum atomic E-state index is -3.77. The SMILES string of the molecule is O=C(CCNS(=O)(=O)c1ccccc1Cl)NCc1nn(-c2ccccc2)c2c1CCC2. The number of para-hydroxylation sites is 1. The Morgan fingerprint density at radius 2 is 1.81 bits per heavy atom. The van der Waals surface area contributed by atoms with Gasteiger partial charge in [-0.15, -0.1) is 0 Å². The van der Waals surface area contributed by atoms with Gasteiger partial charge in [-0.05, 0) is 49.1 Å². The number of hydrogen-bond acceptors (Lipinski definition) is 4. The number of fused-ring (bicyclic) bond motifs is 1. The van der Waals surface area contributed by atoms with Crippen LogP contribution in [0.1, 0.15) is 29.8 Å². The highest BCUT2D eigenvalue weighted by atomic mass is 35.5. The Balaban J connectivity index is 1.34. The molecule has 0 saturated carbocycles. The van der Waals surface area contributed by atoms with Crippen molar-refractivity contribution in [3.8, 4) is 5.69 Å². The van der Waals surface area contributed by atoms with Crippen molar-refractivity contribution in [3.05, 3.63) is 76.6 Å². The second-order valence-electron chi connectivity index (χ2n) is 7.33. The van der Waals surface area contributed by atoms with Crippen LogP contribution in [0.2, 0.25) is 5.02 Å². The van der Waals surface area contributed by atoms with E-state index in [9.17, 15) is 13.2 Å². The fourth-order valence-electron chi connectivity index (χ4n) is 3.75. The highest BCUT2D eigenvalue weighted by Gasteiger charge is 2.23. The maximum Gasteiger partial charge on any atom is 0.242 e. The van der Waals surface area contributed by atoms with E-state index >= 15 is 0 Å². The van der Waals surface area contributed by atoms with Crippen LogP contribution in [0.3, 0.4) is 0 Å². The lowest BCUT2D eigenvalue weighted by atomic mass is 10.2. The number of rotatable bonds is 8. The lowest BCUT2D eigenvalue weighted by molar-refractivity contribution is -0.121. The number of amides is 1. The van der Waals surface area contributed by atoms with Crippen LogP contribution >= 0.6 is 11.6 Å². The van der Waals surface area contributed by atoms with Crippen LogP contribution in [-0.4, -0.2) is 30.7 Å². The quantitative estimate of drug-likeness (QED) is 0.542. The average molecular weight is 459 g/mol. The van der Waals surface area contributed by atoms with Gasteiger partial charge in [-0.2, -0.15) is 5.10 Å². The minimum absolute atomic E-state index is 0.000843. The second kappa shape index (κ2) is 9.21. The molecule has 0 fully saturated rings. The van der Waals surface area contributed by atoms with Gasteiger partial charge in [0.2, 0.25) is 15.9 Å². The second-order valence-corrected chi connectivity index (χ2v) is 9.47. The lowest BCUT2D eigenvalue weighted by Crippen LogP contribution is -2.31. The third-order valence-electron chi connectivity index (χ3n) is 5.24. The van der Waals surface area contributed by atoms with Crippen molar-refractivity contribution in [1.29, 1.82) is 0 Å². The van der Waals surface area contributed by atoms with Crippen molar-refractivity contribution in [2.24, 2.45) is 0 Å². The van der Waals surface area contributed by atoms with Gasteiger partial charge >= 0.3 is 0 Å². The number of sulfonamides is 1. The summed E-state index contributed by atoms with van der Waals surface area (Å²) < 4.78 is 29.1. The molecule has 0 bridgehead atoms. The summed E-state index contributed by atoms with van der Waals surface area (Å²) >= 11 is 5.95. The highest BCUT2D eigenvalue weighted by molar-refractivity contribution is 7.89. The smallest absolute Gasteiger partial charge is 0.242 e. The summed E-state index contributed by atoms with van der Waals surface area (Å²) in [5.74, 6) is -0.247. The first-order valence-corrected chi connectivity index (χ1v) is 12.0. The molecule has 0 aliphatic heterocycles. The predicted octanol–water partition coefficient (Wildman–Crippen LogP) is 3.00. The lowest BCUT2D eigenvalue weighted by Gasteiger charge is -2.08. The number of benzene rings is 2. The molecule has 0 atom stereocenters. The fraction of sp³-hybridized carbons (Fsp3) is 0.273. The summed E-state index contributed by atoms with van der Waals surface area (Å²) in [4.78, 5) is 12.3. The van der Waals surface area contributed by atoms with Crippen molar-refractivity contribution in [1.82, 2.24) is 19.8 Å². The number of carbonyl (C=O) groups excluding carboxylic acids is 1. The summed E-state index contributed by atoms with van der Waals surface area (Å²) in [5.41, 5.74) is 4.26. The molecule has 4 rings (SSSR count). The topological polar surface area (TPSA) is 93.1 Å². The summed E-state index contributed by atoms with van der Waals surface area (Å²) in [5, 5.41) is 7.71. The molecule has 0 spiro atoms. The van der Waals surface area contributed by atoms with Crippen molar-refractivity contribution in [2.45, 2.75) is 37.1 Å². The monoisotopic (exact) mass is 458 g/mol. The van der Waals surface area contributed by atoms with Crippen molar-refractivity contribution in [2.75, 3.05) is 6.54 Å². The standard InChI is InChI=1S/C22H23ClN4O3S/c23-18-10-4-5-12-21(18)31(29,30)25-14-13-22(28)24-15-19-17-9-6-11-20(17)27(26-19)16-7-2-1-3-8-16/h1-5,7-8,10,12,25H,6,9,11,13-15H2,(H,24,28).